The van der Waals surface area contributed by atoms with Crippen molar-refractivity contribution in [2.45, 2.75) is 31.7 Å². The van der Waals surface area contributed by atoms with Crippen molar-refractivity contribution in [1.29, 1.82) is 0 Å². The smallest absolute Gasteiger partial charge is 0.404 e. The van der Waals surface area contributed by atoms with Crippen LogP contribution in [0, 0.1) is 5.41 Å². The van der Waals surface area contributed by atoms with Crippen molar-refractivity contribution >= 4 is 6.09 Å². The lowest BCUT2D eigenvalue weighted by Crippen LogP contribution is -2.44. The number of carbonyl (C=O) groups is 1. The normalized spacial score (nSPS) is 27.6. The molecule has 0 aromatic carbocycles. The van der Waals surface area contributed by atoms with Gasteiger partial charge in [0.2, 0.25) is 0 Å². The summed E-state index contributed by atoms with van der Waals surface area (Å²) in [6.07, 6.45) is 3.94. The number of rotatable bonds is 1. The maximum Gasteiger partial charge on any atom is 0.404 e. The van der Waals surface area contributed by atoms with Gasteiger partial charge in [0, 0.05) is 6.04 Å². The molecule has 56 valence electrons. The summed E-state index contributed by atoms with van der Waals surface area (Å²) in [7, 11) is 0. The third kappa shape index (κ3) is 0.856. The maximum atomic E-state index is 10.1. The standard InChI is InChI=1S/C7H11NO2/c9-6(10)8-5-3-7(4-5)1-2-7/h5,8H,1-4H2,(H,9,10). The lowest BCUT2D eigenvalue weighted by atomic mass is 9.77. The van der Waals surface area contributed by atoms with Crippen LogP contribution in [0.2, 0.25) is 0 Å². The van der Waals surface area contributed by atoms with E-state index >= 15 is 0 Å². The summed E-state index contributed by atoms with van der Waals surface area (Å²) in [5.74, 6) is 0. The fraction of sp³-hybridized carbons (Fsp3) is 0.857. The molecule has 0 aromatic heterocycles. The molecule has 1 amide bonds. The zero-order chi connectivity index (χ0) is 7.19. The van der Waals surface area contributed by atoms with Crippen molar-refractivity contribution in [3.8, 4) is 0 Å². The fourth-order valence-electron chi connectivity index (χ4n) is 1.85. The summed E-state index contributed by atoms with van der Waals surface area (Å²) >= 11 is 0. The number of nitrogens with one attached hydrogen (secondary N) is 1. The van der Waals surface area contributed by atoms with Gasteiger partial charge >= 0.3 is 6.09 Å². The minimum Gasteiger partial charge on any atom is -0.465 e. The van der Waals surface area contributed by atoms with E-state index in [0.717, 1.165) is 12.8 Å². The Morgan fingerprint density at radius 1 is 1.50 bits per heavy atom. The van der Waals surface area contributed by atoms with Gasteiger partial charge in [0.15, 0.2) is 0 Å². The van der Waals surface area contributed by atoms with Crippen LogP contribution >= 0.6 is 0 Å². The largest absolute Gasteiger partial charge is 0.465 e. The van der Waals surface area contributed by atoms with Crippen LogP contribution in [-0.2, 0) is 0 Å². The number of hydrogen-bond acceptors (Lipinski definition) is 1. The van der Waals surface area contributed by atoms with Crippen LogP contribution in [0.3, 0.4) is 0 Å². The first-order chi connectivity index (χ1) is 4.70. The zero-order valence-electron chi connectivity index (χ0n) is 5.76. The quantitative estimate of drug-likeness (QED) is 0.576. The van der Waals surface area contributed by atoms with Crippen LogP contribution < -0.4 is 5.32 Å². The highest BCUT2D eigenvalue weighted by Gasteiger charge is 2.53. The molecule has 0 bridgehead atoms. The second-order valence-electron chi connectivity index (χ2n) is 3.55. The van der Waals surface area contributed by atoms with Crippen molar-refractivity contribution in [1.82, 2.24) is 5.32 Å². The summed E-state index contributed by atoms with van der Waals surface area (Å²) in [5.41, 5.74) is 0.604. The Bertz CT molecular complexity index is 166. The van der Waals surface area contributed by atoms with Gasteiger partial charge in [0.25, 0.3) is 0 Å². The van der Waals surface area contributed by atoms with E-state index in [4.69, 9.17) is 5.11 Å². The summed E-state index contributed by atoms with van der Waals surface area (Å²) in [6, 6.07) is 0.264. The first-order valence-electron chi connectivity index (χ1n) is 3.70. The highest BCUT2D eigenvalue weighted by Crippen LogP contribution is 2.60. The van der Waals surface area contributed by atoms with E-state index in [1.807, 2.05) is 0 Å². The maximum absolute atomic E-state index is 10.1. The predicted octanol–water partition coefficient (Wildman–Crippen LogP) is 1.20. The van der Waals surface area contributed by atoms with Crippen molar-refractivity contribution in [2.75, 3.05) is 0 Å². The lowest BCUT2D eigenvalue weighted by Gasteiger charge is -2.35. The van der Waals surface area contributed by atoms with E-state index in [9.17, 15) is 4.79 Å². The average molecular weight is 141 g/mol. The molecule has 0 atom stereocenters. The molecule has 0 saturated heterocycles. The van der Waals surface area contributed by atoms with Gasteiger partial charge < -0.3 is 10.4 Å². The second kappa shape index (κ2) is 1.65. The Morgan fingerprint density at radius 3 is 2.50 bits per heavy atom. The Morgan fingerprint density at radius 2 is 2.10 bits per heavy atom. The molecular weight excluding hydrogens is 130 g/mol. The van der Waals surface area contributed by atoms with E-state index in [1.54, 1.807) is 0 Å². The van der Waals surface area contributed by atoms with Gasteiger partial charge in [-0.1, -0.05) is 0 Å². The van der Waals surface area contributed by atoms with Gasteiger partial charge in [-0.15, -0.1) is 0 Å². The number of hydrogen-bond donors (Lipinski definition) is 2. The van der Waals surface area contributed by atoms with Crippen LogP contribution in [0.4, 0.5) is 4.79 Å². The van der Waals surface area contributed by atoms with Gasteiger partial charge in [0.1, 0.15) is 0 Å². The van der Waals surface area contributed by atoms with Crippen LogP contribution in [0.1, 0.15) is 25.7 Å². The molecular formula is C7H11NO2. The van der Waals surface area contributed by atoms with Gasteiger partial charge in [-0.2, -0.15) is 0 Å². The third-order valence-electron chi connectivity index (χ3n) is 2.64. The minimum absolute atomic E-state index is 0.264. The molecule has 0 aliphatic heterocycles. The molecule has 2 aliphatic rings. The minimum atomic E-state index is -0.875. The van der Waals surface area contributed by atoms with E-state index in [1.165, 1.54) is 12.8 Å². The Hall–Kier alpha value is -0.730. The third-order valence-corrected chi connectivity index (χ3v) is 2.64. The van der Waals surface area contributed by atoms with Crippen molar-refractivity contribution in [2.24, 2.45) is 5.41 Å². The van der Waals surface area contributed by atoms with Gasteiger partial charge in [-0.05, 0) is 31.1 Å². The molecule has 0 unspecified atom stereocenters. The number of amides is 1. The Kier molecular flexibility index (Phi) is 0.993. The van der Waals surface area contributed by atoms with E-state index in [0.29, 0.717) is 5.41 Å². The number of carboxylic acid groups (broad SMARTS) is 1. The summed E-state index contributed by atoms with van der Waals surface area (Å²) in [6.45, 7) is 0. The second-order valence-corrected chi connectivity index (χ2v) is 3.55. The molecule has 1 spiro atoms. The molecule has 2 rings (SSSR count). The molecule has 2 aliphatic carbocycles. The lowest BCUT2D eigenvalue weighted by molar-refractivity contribution is 0.158. The van der Waals surface area contributed by atoms with Crippen molar-refractivity contribution in [3.63, 3.8) is 0 Å². The van der Waals surface area contributed by atoms with E-state index in [2.05, 4.69) is 5.32 Å². The molecule has 3 heteroatoms. The fourth-order valence-corrected chi connectivity index (χ4v) is 1.85. The van der Waals surface area contributed by atoms with Crippen LogP contribution in [0.5, 0.6) is 0 Å². The molecule has 0 aromatic rings. The Labute approximate surface area is 59.4 Å². The van der Waals surface area contributed by atoms with E-state index in [-0.39, 0.29) is 6.04 Å². The average Bonchev–Trinajstić information content (AvgIpc) is 2.41. The van der Waals surface area contributed by atoms with Crippen LogP contribution in [-0.4, -0.2) is 17.2 Å². The van der Waals surface area contributed by atoms with Gasteiger partial charge in [-0.3, -0.25) is 0 Å². The molecule has 10 heavy (non-hydrogen) atoms. The predicted molar refractivity (Wildman–Crippen MR) is 35.8 cm³/mol. The Balaban J connectivity index is 1.75. The zero-order valence-corrected chi connectivity index (χ0v) is 5.76. The molecule has 2 fully saturated rings. The topological polar surface area (TPSA) is 49.3 Å². The molecule has 0 radical (unpaired) electrons. The highest BCUT2D eigenvalue weighted by molar-refractivity contribution is 5.65. The van der Waals surface area contributed by atoms with Crippen molar-refractivity contribution < 1.29 is 9.90 Å². The summed E-state index contributed by atoms with van der Waals surface area (Å²) in [5, 5.41) is 10.8. The highest BCUT2D eigenvalue weighted by atomic mass is 16.4. The molecule has 0 heterocycles. The van der Waals surface area contributed by atoms with Crippen LogP contribution in [0.15, 0.2) is 0 Å². The SMILES string of the molecule is O=C(O)NC1CC2(CC2)C1. The van der Waals surface area contributed by atoms with Gasteiger partial charge in [0.05, 0.1) is 0 Å². The molecule has 2 saturated carbocycles. The molecule has 3 nitrogen and oxygen atoms in total. The van der Waals surface area contributed by atoms with Crippen molar-refractivity contribution in [3.05, 3.63) is 0 Å². The van der Waals surface area contributed by atoms with Gasteiger partial charge in [-0.25, -0.2) is 4.79 Å². The summed E-state index contributed by atoms with van der Waals surface area (Å²) < 4.78 is 0. The monoisotopic (exact) mass is 141 g/mol. The first-order valence-corrected chi connectivity index (χ1v) is 3.70. The first kappa shape index (κ1) is 6.01. The van der Waals surface area contributed by atoms with Crippen LogP contribution in [0.25, 0.3) is 0 Å². The van der Waals surface area contributed by atoms with E-state index < -0.39 is 6.09 Å². The molecule has 2 N–H and O–H groups in total. The summed E-state index contributed by atoms with van der Waals surface area (Å²) in [4.78, 5) is 10.1.